The molecule has 98 valence electrons. The number of rotatable bonds is 2. The Kier molecular flexibility index (Phi) is 3.35. The summed E-state index contributed by atoms with van der Waals surface area (Å²) in [7, 11) is 0. The molecule has 0 bridgehead atoms. The molecule has 1 amide bonds. The first-order valence-corrected chi connectivity index (χ1v) is 7.79. The third-order valence-corrected chi connectivity index (χ3v) is 6.33. The molecule has 0 N–H and O–H groups in total. The third-order valence-electron chi connectivity index (χ3n) is 5.41. The molecule has 1 aliphatic heterocycles. The largest absolute Gasteiger partial charge is 0.342 e. The zero-order valence-corrected chi connectivity index (χ0v) is 13.0. The highest BCUT2D eigenvalue weighted by molar-refractivity contribution is 9.09. The molecule has 3 heteroatoms. The highest BCUT2D eigenvalue weighted by Crippen LogP contribution is 2.68. The summed E-state index contributed by atoms with van der Waals surface area (Å²) in [4.78, 5) is 14.6. The summed E-state index contributed by atoms with van der Waals surface area (Å²) in [6.07, 6.45) is 2.31. The Morgan fingerprint density at radius 2 is 1.65 bits per heavy atom. The predicted molar refractivity (Wildman–Crippen MR) is 74.2 cm³/mol. The van der Waals surface area contributed by atoms with E-state index in [2.05, 4.69) is 48.5 Å². The maximum atomic E-state index is 12.5. The zero-order chi connectivity index (χ0) is 12.8. The molecule has 1 saturated carbocycles. The van der Waals surface area contributed by atoms with E-state index < -0.39 is 0 Å². The van der Waals surface area contributed by atoms with Crippen LogP contribution in [0.5, 0.6) is 0 Å². The van der Waals surface area contributed by atoms with Crippen molar-refractivity contribution in [3.8, 4) is 0 Å². The van der Waals surface area contributed by atoms with Gasteiger partial charge in [0, 0.05) is 24.3 Å². The van der Waals surface area contributed by atoms with Gasteiger partial charge in [0.15, 0.2) is 0 Å². The van der Waals surface area contributed by atoms with Crippen molar-refractivity contribution in [3.05, 3.63) is 0 Å². The molecule has 0 atom stereocenters. The van der Waals surface area contributed by atoms with Crippen molar-refractivity contribution in [2.24, 2.45) is 22.7 Å². The molecule has 0 aromatic heterocycles. The quantitative estimate of drug-likeness (QED) is 0.717. The van der Waals surface area contributed by atoms with Gasteiger partial charge in [0.25, 0.3) is 0 Å². The number of carbonyl (C=O) groups is 1. The van der Waals surface area contributed by atoms with Crippen LogP contribution in [-0.4, -0.2) is 29.2 Å². The highest BCUT2D eigenvalue weighted by atomic mass is 79.9. The number of hydrogen-bond donors (Lipinski definition) is 0. The predicted octanol–water partition coefficient (Wildman–Crippen LogP) is 3.30. The Hall–Kier alpha value is -0.0500. The molecule has 1 heterocycles. The second-order valence-corrected chi connectivity index (χ2v) is 7.45. The van der Waals surface area contributed by atoms with Crippen LogP contribution in [-0.2, 0) is 4.79 Å². The van der Waals surface area contributed by atoms with E-state index in [1.165, 1.54) is 0 Å². The van der Waals surface area contributed by atoms with Crippen LogP contribution >= 0.6 is 15.9 Å². The van der Waals surface area contributed by atoms with Crippen LogP contribution in [0.1, 0.15) is 40.5 Å². The van der Waals surface area contributed by atoms with Crippen LogP contribution in [0.3, 0.4) is 0 Å². The minimum atomic E-state index is 0.177. The number of carbonyl (C=O) groups excluding carboxylic acids is 1. The van der Waals surface area contributed by atoms with Gasteiger partial charge in [0.05, 0.1) is 0 Å². The van der Waals surface area contributed by atoms with Gasteiger partial charge >= 0.3 is 0 Å². The maximum absolute atomic E-state index is 12.5. The standard InChI is InChI=1S/C14H24BrNO/c1-13(2)11(14(13,3)4)12(17)16-7-5-10(9-15)6-8-16/h10-11H,5-9H2,1-4H3. The molecule has 1 saturated heterocycles. The van der Waals surface area contributed by atoms with Crippen molar-refractivity contribution >= 4 is 21.8 Å². The van der Waals surface area contributed by atoms with Crippen LogP contribution in [0, 0.1) is 22.7 Å². The summed E-state index contributed by atoms with van der Waals surface area (Å²) < 4.78 is 0. The van der Waals surface area contributed by atoms with E-state index >= 15 is 0 Å². The smallest absolute Gasteiger partial charge is 0.226 e. The fraction of sp³-hybridized carbons (Fsp3) is 0.929. The minimum Gasteiger partial charge on any atom is -0.342 e. The zero-order valence-electron chi connectivity index (χ0n) is 11.4. The van der Waals surface area contributed by atoms with Crippen LogP contribution in [0.15, 0.2) is 0 Å². The second kappa shape index (κ2) is 4.25. The fourth-order valence-corrected chi connectivity index (χ4v) is 3.95. The van der Waals surface area contributed by atoms with Gasteiger partial charge in [-0.15, -0.1) is 0 Å². The number of likely N-dealkylation sites (tertiary alicyclic amines) is 1. The van der Waals surface area contributed by atoms with E-state index in [1.54, 1.807) is 0 Å². The second-order valence-electron chi connectivity index (χ2n) is 6.80. The van der Waals surface area contributed by atoms with Crippen LogP contribution in [0.25, 0.3) is 0 Å². The van der Waals surface area contributed by atoms with Crippen molar-refractivity contribution in [1.29, 1.82) is 0 Å². The van der Waals surface area contributed by atoms with Crippen molar-refractivity contribution in [2.45, 2.75) is 40.5 Å². The maximum Gasteiger partial charge on any atom is 0.226 e. The molecular weight excluding hydrogens is 278 g/mol. The number of nitrogens with zero attached hydrogens (tertiary/aromatic N) is 1. The van der Waals surface area contributed by atoms with Crippen molar-refractivity contribution < 1.29 is 4.79 Å². The molecule has 2 nitrogen and oxygen atoms in total. The van der Waals surface area contributed by atoms with Gasteiger partial charge in [-0.25, -0.2) is 0 Å². The van der Waals surface area contributed by atoms with Crippen molar-refractivity contribution in [2.75, 3.05) is 18.4 Å². The molecule has 0 spiro atoms. The van der Waals surface area contributed by atoms with Gasteiger partial charge < -0.3 is 4.90 Å². The molecule has 0 radical (unpaired) electrons. The van der Waals surface area contributed by atoms with E-state index in [0.29, 0.717) is 5.91 Å². The van der Waals surface area contributed by atoms with Gasteiger partial charge in [0.2, 0.25) is 5.91 Å². The van der Waals surface area contributed by atoms with Crippen LogP contribution in [0.2, 0.25) is 0 Å². The molecule has 0 aromatic rings. The Bertz CT molecular complexity index is 302. The molecule has 1 aliphatic carbocycles. The van der Waals surface area contributed by atoms with Crippen LogP contribution in [0.4, 0.5) is 0 Å². The molecular formula is C14H24BrNO. The molecule has 0 aromatic carbocycles. The average Bonchev–Trinajstić information content (AvgIpc) is 2.69. The lowest BCUT2D eigenvalue weighted by Gasteiger charge is -2.32. The van der Waals surface area contributed by atoms with E-state index in [-0.39, 0.29) is 16.7 Å². The lowest BCUT2D eigenvalue weighted by atomic mass is 9.98. The fourth-order valence-electron chi connectivity index (χ4n) is 3.30. The molecule has 2 aliphatic rings. The van der Waals surface area contributed by atoms with Gasteiger partial charge in [-0.05, 0) is 29.6 Å². The number of amides is 1. The average molecular weight is 302 g/mol. The Balaban J connectivity index is 1.95. The van der Waals surface area contributed by atoms with Crippen LogP contribution < -0.4 is 0 Å². The minimum absolute atomic E-state index is 0.177. The van der Waals surface area contributed by atoms with Crippen molar-refractivity contribution in [1.82, 2.24) is 4.90 Å². The summed E-state index contributed by atoms with van der Waals surface area (Å²) in [5.74, 6) is 1.39. The monoisotopic (exact) mass is 301 g/mol. The first-order chi connectivity index (χ1) is 7.82. The SMILES string of the molecule is CC1(C)C(C(=O)N2CCC(CBr)CC2)C1(C)C. The summed E-state index contributed by atoms with van der Waals surface area (Å²) in [6.45, 7) is 10.8. The highest BCUT2D eigenvalue weighted by Gasteiger charge is 2.68. The lowest BCUT2D eigenvalue weighted by molar-refractivity contribution is -0.135. The molecule has 17 heavy (non-hydrogen) atoms. The molecule has 0 unspecified atom stereocenters. The van der Waals surface area contributed by atoms with Gasteiger partial charge in [0.1, 0.15) is 0 Å². The topological polar surface area (TPSA) is 20.3 Å². The van der Waals surface area contributed by atoms with E-state index in [4.69, 9.17) is 0 Å². The number of hydrogen-bond acceptors (Lipinski definition) is 1. The van der Waals surface area contributed by atoms with Gasteiger partial charge in [-0.2, -0.15) is 0 Å². The number of piperidine rings is 1. The number of halogens is 1. The normalized spacial score (nSPS) is 28.2. The van der Waals surface area contributed by atoms with Gasteiger partial charge in [-0.3, -0.25) is 4.79 Å². The van der Waals surface area contributed by atoms with Crippen molar-refractivity contribution in [3.63, 3.8) is 0 Å². The van der Waals surface area contributed by atoms with E-state index in [1.807, 2.05) is 0 Å². The first kappa shape index (κ1) is 13.4. The summed E-state index contributed by atoms with van der Waals surface area (Å²) >= 11 is 3.54. The Morgan fingerprint density at radius 3 is 2.00 bits per heavy atom. The Morgan fingerprint density at radius 1 is 1.18 bits per heavy atom. The van der Waals surface area contributed by atoms with E-state index in [9.17, 15) is 4.79 Å². The summed E-state index contributed by atoms with van der Waals surface area (Å²) in [5.41, 5.74) is 0.354. The molecule has 2 rings (SSSR count). The molecule has 2 fully saturated rings. The Labute approximate surface area is 113 Å². The first-order valence-electron chi connectivity index (χ1n) is 6.67. The number of alkyl halides is 1. The third kappa shape index (κ3) is 2.05. The summed E-state index contributed by atoms with van der Waals surface area (Å²) in [6, 6.07) is 0. The summed E-state index contributed by atoms with van der Waals surface area (Å²) in [5, 5.41) is 1.08. The van der Waals surface area contributed by atoms with E-state index in [0.717, 1.165) is 37.2 Å². The van der Waals surface area contributed by atoms with Gasteiger partial charge in [-0.1, -0.05) is 43.6 Å². The lowest BCUT2D eigenvalue weighted by Crippen LogP contribution is -2.40.